The van der Waals surface area contributed by atoms with E-state index < -0.39 is 0 Å². The summed E-state index contributed by atoms with van der Waals surface area (Å²) < 4.78 is 2.57. The molecule has 0 N–H and O–H groups in total. The van der Waals surface area contributed by atoms with Crippen LogP contribution in [-0.4, -0.2) is 0 Å². The van der Waals surface area contributed by atoms with E-state index >= 15 is 0 Å². The topological polar surface area (TPSA) is 3.24 Å². The van der Waals surface area contributed by atoms with Gasteiger partial charge in [0.2, 0.25) is 0 Å². The quantitative estimate of drug-likeness (QED) is 0.169. The minimum Gasteiger partial charge on any atom is -0.308 e. The molecule has 10 rings (SSSR count). The van der Waals surface area contributed by atoms with Crippen molar-refractivity contribution in [3.63, 3.8) is 0 Å². The highest BCUT2D eigenvalue weighted by Crippen LogP contribution is 2.48. The molecule has 0 aliphatic carbocycles. The molecule has 0 atom stereocenters. The molecule has 244 valence electrons. The van der Waals surface area contributed by atoms with Gasteiger partial charge in [-0.25, -0.2) is 0 Å². The van der Waals surface area contributed by atoms with Crippen LogP contribution in [0.25, 0.3) is 75.1 Å². The van der Waals surface area contributed by atoms with Gasteiger partial charge >= 0.3 is 0 Å². The lowest BCUT2D eigenvalue weighted by atomic mass is 9.94. The summed E-state index contributed by atoms with van der Waals surface area (Å²) in [5.74, 6) is 0. The second-order valence-electron chi connectivity index (χ2n) is 13.3. The minimum absolute atomic E-state index is 1.11. The maximum atomic E-state index is 2.49. The Bertz CT molecular complexity index is 2890. The fourth-order valence-corrected chi connectivity index (χ4v) is 9.01. The lowest BCUT2D eigenvalue weighted by molar-refractivity contribution is 1.30. The van der Waals surface area contributed by atoms with Crippen molar-refractivity contribution in [3.05, 3.63) is 200 Å². The van der Waals surface area contributed by atoms with Crippen LogP contribution in [0.1, 0.15) is 0 Å². The third-order valence-electron chi connectivity index (χ3n) is 10.3. The van der Waals surface area contributed by atoms with Gasteiger partial charge < -0.3 is 4.90 Å². The SMILES string of the molecule is c1ccc(-c2ccc(-c3cccc4ccccc34)cc2N(c2ccc(-c3cccc4ccccc34)cc2)c2cccc3c2sc2ccccc23)cc1. The van der Waals surface area contributed by atoms with Gasteiger partial charge in [-0.15, -0.1) is 11.3 Å². The lowest BCUT2D eigenvalue weighted by Gasteiger charge is -2.29. The molecule has 1 heterocycles. The number of anilines is 3. The summed E-state index contributed by atoms with van der Waals surface area (Å²) in [7, 11) is 0. The van der Waals surface area contributed by atoms with Crippen molar-refractivity contribution in [2.45, 2.75) is 0 Å². The van der Waals surface area contributed by atoms with Gasteiger partial charge in [0.25, 0.3) is 0 Å². The second-order valence-corrected chi connectivity index (χ2v) is 14.3. The molecule has 1 nitrogen and oxygen atoms in total. The Balaban J connectivity index is 1.24. The number of fused-ring (bicyclic) bond motifs is 5. The summed E-state index contributed by atoms with van der Waals surface area (Å²) >= 11 is 1.87. The van der Waals surface area contributed by atoms with Crippen molar-refractivity contribution in [1.29, 1.82) is 0 Å². The summed E-state index contributed by atoms with van der Waals surface area (Å²) in [5.41, 5.74) is 10.6. The molecule has 0 fully saturated rings. The fraction of sp³-hybridized carbons (Fsp3) is 0. The first-order valence-corrected chi connectivity index (χ1v) is 18.6. The first kappa shape index (κ1) is 30.4. The van der Waals surface area contributed by atoms with E-state index in [1.165, 1.54) is 80.8 Å². The van der Waals surface area contributed by atoms with E-state index in [0.29, 0.717) is 0 Å². The normalized spacial score (nSPS) is 11.5. The Kier molecular flexibility index (Phi) is 7.41. The van der Waals surface area contributed by atoms with Crippen LogP contribution in [0.15, 0.2) is 200 Å². The number of benzene rings is 9. The Morgan fingerprint density at radius 3 is 1.60 bits per heavy atom. The third kappa shape index (κ3) is 5.16. The molecule has 0 radical (unpaired) electrons. The van der Waals surface area contributed by atoms with Crippen LogP contribution < -0.4 is 4.90 Å². The molecule has 2 heteroatoms. The van der Waals surface area contributed by atoms with Crippen LogP contribution in [0.2, 0.25) is 0 Å². The molecule has 0 aliphatic rings. The molecular formula is C50H33NS. The Morgan fingerprint density at radius 1 is 0.327 bits per heavy atom. The summed E-state index contributed by atoms with van der Waals surface area (Å²) in [6.07, 6.45) is 0. The maximum absolute atomic E-state index is 2.49. The molecule has 10 aromatic rings. The molecular weight excluding hydrogens is 647 g/mol. The number of hydrogen-bond donors (Lipinski definition) is 0. The summed E-state index contributed by atoms with van der Waals surface area (Å²) in [6.45, 7) is 0. The van der Waals surface area contributed by atoms with Crippen molar-refractivity contribution in [2.24, 2.45) is 0 Å². The molecule has 52 heavy (non-hydrogen) atoms. The highest BCUT2D eigenvalue weighted by atomic mass is 32.1. The average Bonchev–Trinajstić information content (AvgIpc) is 3.61. The van der Waals surface area contributed by atoms with E-state index in [1.807, 2.05) is 11.3 Å². The number of hydrogen-bond acceptors (Lipinski definition) is 2. The highest BCUT2D eigenvalue weighted by Gasteiger charge is 2.22. The predicted octanol–water partition coefficient (Wildman–Crippen LogP) is 14.8. The van der Waals surface area contributed by atoms with Crippen molar-refractivity contribution < 1.29 is 0 Å². The van der Waals surface area contributed by atoms with Crippen molar-refractivity contribution in [1.82, 2.24) is 0 Å². The Hall–Kier alpha value is -6.48. The predicted molar refractivity (Wildman–Crippen MR) is 225 cm³/mol. The largest absolute Gasteiger partial charge is 0.308 e. The zero-order chi connectivity index (χ0) is 34.4. The van der Waals surface area contributed by atoms with Gasteiger partial charge in [-0.1, -0.05) is 170 Å². The number of nitrogens with zero attached hydrogens (tertiary/aromatic N) is 1. The Labute approximate surface area is 307 Å². The highest BCUT2D eigenvalue weighted by molar-refractivity contribution is 7.26. The van der Waals surface area contributed by atoms with Crippen LogP contribution in [0.3, 0.4) is 0 Å². The molecule has 0 spiro atoms. The number of thiophene rings is 1. The zero-order valence-electron chi connectivity index (χ0n) is 28.4. The van der Waals surface area contributed by atoms with Gasteiger partial charge in [0, 0.05) is 26.7 Å². The third-order valence-corrected chi connectivity index (χ3v) is 11.5. The van der Waals surface area contributed by atoms with Crippen LogP contribution in [0.4, 0.5) is 17.1 Å². The monoisotopic (exact) mass is 679 g/mol. The average molecular weight is 680 g/mol. The van der Waals surface area contributed by atoms with Crippen molar-refractivity contribution in [3.8, 4) is 33.4 Å². The summed E-state index contributed by atoms with van der Waals surface area (Å²) in [5, 5.41) is 7.58. The molecule has 0 saturated carbocycles. The summed E-state index contributed by atoms with van der Waals surface area (Å²) in [4.78, 5) is 2.49. The molecule has 0 aliphatic heterocycles. The van der Waals surface area contributed by atoms with Gasteiger partial charge in [0.1, 0.15) is 0 Å². The van der Waals surface area contributed by atoms with Gasteiger partial charge in [-0.3, -0.25) is 0 Å². The van der Waals surface area contributed by atoms with Crippen LogP contribution in [0.5, 0.6) is 0 Å². The van der Waals surface area contributed by atoms with Crippen molar-refractivity contribution >= 4 is 70.1 Å². The van der Waals surface area contributed by atoms with Gasteiger partial charge in [0.05, 0.1) is 16.1 Å². The number of rotatable bonds is 6. The van der Waals surface area contributed by atoms with Crippen LogP contribution >= 0.6 is 11.3 Å². The van der Waals surface area contributed by atoms with E-state index in [1.54, 1.807) is 0 Å². The fourth-order valence-electron chi connectivity index (χ4n) is 7.81. The van der Waals surface area contributed by atoms with E-state index in [2.05, 4.69) is 205 Å². The second kappa shape index (κ2) is 12.7. The smallest absolute Gasteiger partial charge is 0.0640 e. The van der Waals surface area contributed by atoms with Gasteiger partial charge in [-0.05, 0) is 79.7 Å². The maximum Gasteiger partial charge on any atom is 0.0640 e. The van der Waals surface area contributed by atoms with Crippen LogP contribution in [-0.2, 0) is 0 Å². The van der Waals surface area contributed by atoms with Gasteiger partial charge in [0.15, 0.2) is 0 Å². The lowest BCUT2D eigenvalue weighted by Crippen LogP contribution is -2.11. The van der Waals surface area contributed by atoms with E-state index in [-0.39, 0.29) is 0 Å². The molecule has 0 amide bonds. The molecule has 0 saturated heterocycles. The molecule has 0 bridgehead atoms. The Morgan fingerprint density at radius 2 is 0.865 bits per heavy atom. The molecule has 9 aromatic carbocycles. The zero-order valence-corrected chi connectivity index (χ0v) is 29.2. The minimum atomic E-state index is 1.11. The van der Waals surface area contributed by atoms with E-state index in [9.17, 15) is 0 Å². The van der Waals surface area contributed by atoms with E-state index in [4.69, 9.17) is 0 Å². The molecule has 1 aromatic heterocycles. The van der Waals surface area contributed by atoms with Crippen LogP contribution in [0, 0.1) is 0 Å². The standard InChI is InChI=1S/C50H33NS/c1-2-13-36(14-3-1)44-32-29-38(43-23-11-18-35-16-5-7-20-41(35)43)33-48(44)51(47-25-12-24-46-45-21-8-9-26-49(45)52-50(46)47)39-30-27-37(28-31-39)42-22-10-17-34-15-4-6-19-40(34)42/h1-33H. The van der Waals surface area contributed by atoms with Crippen molar-refractivity contribution in [2.75, 3.05) is 4.90 Å². The first-order valence-electron chi connectivity index (χ1n) is 17.8. The first-order chi connectivity index (χ1) is 25.8. The van der Waals surface area contributed by atoms with E-state index in [0.717, 1.165) is 11.4 Å². The summed E-state index contributed by atoms with van der Waals surface area (Å²) in [6, 6.07) is 73.0. The van der Waals surface area contributed by atoms with Gasteiger partial charge in [-0.2, -0.15) is 0 Å². The molecule has 0 unspecified atom stereocenters.